The standard InChI is InChI=1S/C20H21Cl2N3O2/c21-15-7-8-18(17(22)12-15)23-13-19(26)24-16-6-4-5-14(11-16)20(27)25-9-2-1-3-10-25/h4-8,11-12,23H,1-3,9-10,13H2,(H,24,26). The third-order valence-electron chi connectivity index (χ3n) is 4.41. The molecule has 2 aromatic rings. The van der Waals surface area contributed by atoms with Gasteiger partial charge in [0, 0.05) is 29.4 Å². The highest BCUT2D eigenvalue weighted by Crippen LogP contribution is 2.25. The van der Waals surface area contributed by atoms with E-state index in [9.17, 15) is 9.59 Å². The zero-order chi connectivity index (χ0) is 19.2. The number of nitrogens with one attached hydrogen (secondary N) is 2. The molecule has 142 valence electrons. The van der Waals surface area contributed by atoms with Crippen LogP contribution in [0.4, 0.5) is 11.4 Å². The van der Waals surface area contributed by atoms with Crippen LogP contribution in [0.25, 0.3) is 0 Å². The summed E-state index contributed by atoms with van der Waals surface area (Å²) in [6.45, 7) is 1.63. The molecular formula is C20H21Cl2N3O2. The number of rotatable bonds is 5. The molecule has 0 saturated carbocycles. The monoisotopic (exact) mass is 405 g/mol. The summed E-state index contributed by atoms with van der Waals surface area (Å²) in [6, 6.07) is 12.1. The van der Waals surface area contributed by atoms with E-state index in [-0.39, 0.29) is 18.4 Å². The average Bonchev–Trinajstić information content (AvgIpc) is 2.67. The number of amides is 2. The van der Waals surface area contributed by atoms with Gasteiger partial charge in [0.2, 0.25) is 5.91 Å². The normalized spacial score (nSPS) is 13.9. The summed E-state index contributed by atoms with van der Waals surface area (Å²) in [7, 11) is 0. The summed E-state index contributed by atoms with van der Waals surface area (Å²) < 4.78 is 0. The van der Waals surface area contributed by atoms with Crippen molar-refractivity contribution in [3.05, 3.63) is 58.1 Å². The number of benzene rings is 2. The van der Waals surface area contributed by atoms with E-state index in [1.165, 1.54) is 6.42 Å². The van der Waals surface area contributed by atoms with Gasteiger partial charge in [0.25, 0.3) is 5.91 Å². The minimum Gasteiger partial charge on any atom is -0.375 e. The highest BCUT2D eigenvalue weighted by molar-refractivity contribution is 6.36. The maximum atomic E-state index is 12.6. The number of piperidine rings is 1. The van der Waals surface area contributed by atoms with Crippen molar-refractivity contribution >= 4 is 46.4 Å². The minimum absolute atomic E-state index is 0.0110. The maximum absolute atomic E-state index is 12.6. The zero-order valence-electron chi connectivity index (χ0n) is 14.8. The molecule has 0 aliphatic carbocycles. The summed E-state index contributed by atoms with van der Waals surface area (Å²) in [6.07, 6.45) is 3.26. The molecule has 0 spiro atoms. The first-order chi connectivity index (χ1) is 13.0. The van der Waals surface area contributed by atoms with E-state index in [1.807, 2.05) is 4.90 Å². The van der Waals surface area contributed by atoms with Gasteiger partial charge < -0.3 is 15.5 Å². The van der Waals surface area contributed by atoms with E-state index < -0.39 is 0 Å². The lowest BCUT2D eigenvalue weighted by atomic mass is 10.1. The van der Waals surface area contributed by atoms with E-state index >= 15 is 0 Å². The Hall–Kier alpha value is -2.24. The quantitative estimate of drug-likeness (QED) is 0.759. The molecule has 1 aliphatic heterocycles. The molecule has 1 aliphatic rings. The average molecular weight is 406 g/mol. The van der Waals surface area contributed by atoms with Gasteiger partial charge in [-0.2, -0.15) is 0 Å². The number of likely N-dealkylation sites (tertiary alicyclic amines) is 1. The van der Waals surface area contributed by atoms with E-state index in [1.54, 1.807) is 42.5 Å². The van der Waals surface area contributed by atoms with Crippen molar-refractivity contribution in [1.29, 1.82) is 0 Å². The summed E-state index contributed by atoms with van der Waals surface area (Å²) in [5.41, 5.74) is 1.81. The summed E-state index contributed by atoms with van der Waals surface area (Å²) in [4.78, 5) is 26.7. The van der Waals surface area contributed by atoms with Gasteiger partial charge in [-0.15, -0.1) is 0 Å². The van der Waals surface area contributed by atoms with Crippen molar-refractivity contribution < 1.29 is 9.59 Å². The molecule has 7 heteroatoms. The first-order valence-electron chi connectivity index (χ1n) is 8.91. The van der Waals surface area contributed by atoms with E-state index in [2.05, 4.69) is 10.6 Å². The van der Waals surface area contributed by atoms with E-state index in [0.717, 1.165) is 25.9 Å². The molecule has 27 heavy (non-hydrogen) atoms. The van der Waals surface area contributed by atoms with Gasteiger partial charge in [-0.1, -0.05) is 29.3 Å². The van der Waals surface area contributed by atoms with Crippen molar-refractivity contribution in [2.75, 3.05) is 30.3 Å². The Kier molecular flexibility index (Phi) is 6.58. The summed E-state index contributed by atoms with van der Waals surface area (Å²) in [5, 5.41) is 6.75. The van der Waals surface area contributed by atoms with Crippen molar-refractivity contribution in [1.82, 2.24) is 4.90 Å². The Labute approximate surface area is 168 Å². The molecule has 2 aromatic carbocycles. The summed E-state index contributed by atoms with van der Waals surface area (Å²) in [5.74, 6) is -0.222. The molecule has 3 rings (SSSR count). The lowest BCUT2D eigenvalue weighted by Gasteiger charge is -2.26. The van der Waals surface area contributed by atoms with Crippen LogP contribution in [0.15, 0.2) is 42.5 Å². The lowest BCUT2D eigenvalue weighted by molar-refractivity contribution is -0.114. The SMILES string of the molecule is O=C(CNc1ccc(Cl)cc1Cl)Nc1cccc(C(=O)N2CCCCC2)c1. The second-order valence-electron chi connectivity index (χ2n) is 6.46. The molecule has 0 radical (unpaired) electrons. The van der Waals surface area contributed by atoms with Gasteiger partial charge in [-0.3, -0.25) is 9.59 Å². The molecule has 2 amide bonds. The third kappa shape index (κ3) is 5.37. The Morgan fingerprint density at radius 1 is 1.00 bits per heavy atom. The van der Waals surface area contributed by atoms with Gasteiger partial charge in [0.15, 0.2) is 0 Å². The van der Waals surface area contributed by atoms with Crippen LogP contribution in [0, 0.1) is 0 Å². The van der Waals surface area contributed by atoms with Gasteiger partial charge in [0.1, 0.15) is 0 Å². The lowest BCUT2D eigenvalue weighted by Crippen LogP contribution is -2.35. The number of carbonyl (C=O) groups excluding carboxylic acids is 2. The Bertz CT molecular complexity index is 836. The molecule has 0 bridgehead atoms. The van der Waals surface area contributed by atoms with Crippen molar-refractivity contribution in [2.24, 2.45) is 0 Å². The fourth-order valence-corrected chi connectivity index (χ4v) is 3.50. The molecule has 1 fully saturated rings. The fraction of sp³-hybridized carbons (Fsp3) is 0.300. The molecular weight excluding hydrogens is 385 g/mol. The number of hydrogen-bond donors (Lipinski definition) is 2. The van der Waals surface area contributed by atoms with Crippen LogP contribution in [-0.2, 0) is 4.79 Å². The van der Waals surface area contributed by atoms with Crippen molar-refractivity contribution in [3.63, 3.8) is 0 Å². The highest BCUT2D eigenvalue weighted by Gasteiger charge is 2.18. The third-order valence-corrected chi connectivity index (χ3v) is 4.95. The van der Waals surface area contributed by atoms with Crippen LogP contribution in [0.2, 0.25) is 10.0 Å². The van der Waals surface area contributed by atoms with E-state index in [4.69, 9.17) is 23.2 Å². The number of anilines is 2. The Morgan fingerprint density at radius 2 is 1.78 bits per heavy atom. The van der Waals surface area contributed by atoms with Crippen LogP contribution >= 0.6 is 23.2 Å². The number of nitrogens with zero attached hydrogens (tertiary/aromatic N) is 1. The van der Waals surface area contributed by atoms with Gasteiger partial charge in [-0.05, 0) is 55.7 Å². The molecule has 5 nitrogen and oxygen atoms in total. The predicted octanol–water partition coefficient (Wildman–Crippen LogP) is 4.67. The van der Waals surface area contributed by atoms with E-state index in [0.29, 0.717) is 27.0 Å². The minimum atomic E-state index is -0.233. The highest BCUT2D eigenvalue weighted by atomic mass is 35.5. The smallest absolute Gasteiger partial charge is 0.253 e. The van der Waals surface area contributed by atoms with Crippen LogP contribution in [0.1, 0.15) is 29.6 Å². The molecule has 1 saturated heterocycles. The number of halogens is 2. The fourth-order valence-electron chi connectivity index (χ4n) is 3.02. The van der Waals surface area contributed by atoms with Crippen LogP contribution in [0.3, 0.4) is 0 Å². The maximum Gasteiger partial charge on any atom is 0.253 e. The number of carbonyl (C=O) groups is 2. The molecule has 1 heterocycles. The Morgan fingerprint density at radius 3 is 2.52 bits per heavy atom. The van der Waals surface area contributed by atoms with Crippen LogP contribution < -0.4 is 10.6 Å². The molecule has 0 aromatic heterocycles. The van der Waals surface area contributed by atoms with Crippen LogP contribution in [0.5, 0.6) is 0 Å². The topological polar surface area (TPSA) is 61.4 Å². The van der Waals surface area contributed by atoms with Gasteiger partial charge in [-0.25, -0.2) is 0 Å². The molecule has 2 N–H and O–H groups in total. The molecule has 0 atom stereocenters. The second kappa shape index (κ2) is 9.11. The van der Waals surface area contributed by atoms with Gasteiger partial charge >= 0.3 is 0 Å². The second-order valence-corrected chi connectivity index (χ2v) is 7.30. The number of hydrogen-bond acceptors (Lipinski definition) is 3. The first kappa shape index (κ1) is 19.5. The van der Waals surface area contributed by atoms with Crippen molar-refractivity contribution in [2.45, 2.75) is 19.3 Å². The van der Waals surface area contributed by atoms with Gasteiger partial charge in [0.05, 0.1) is 17.3 Å². The summed E-state index contributed by atoms with van der Waals surface area (Å²) >= 11 is 11.9. The zero-order valence-corrected chi connectivity index (χ0v) is 16.3. The van der Waals surface area contributed by atoms with Crippen molar-refractivity contribution in [3.8, 4) is 0 Å². The Balaban J connectivity index is 1.58. The predicted molar refractivity (Wildman–Crippen MR) is 110 cm³/mol. The largest absolute Gasteiger partial charge is 0.375 e. The van der Waals surface area contributed by atoms with Crippen LogP contribution in [-0.4, -0.2) is 36.3 Å². The molecule has 0 unspecified atom stereocenters. The first-order valence-corrected chi connectivity index (χ1v) is 9.66.